The zero-order chi connectivity index (χ0) is 43.9. The molecule has 0 unspecified atom stereocenters. The minimum absolute atomic E-state index is 0.0395. The monoisotopic (exact) mass is 860 g/mol. The molecule has 3 aromatic rings. The van der Waals surface area contributed by atoms with E-state index in [4.69, 9.17) is 19.2 Å². The van der Waals surface area contributed by atoms with E-state index in [1.165, 1.54) is 4.90 Å². The number of amides is 4. The van der Waals surface area contributed by atoms with E-state index in [0.29, 0.717) is 60.4 Å². The molecule has 16 nitrogen and oxygen atoms in total. The largest absolute Gasteiger partial charge is 0.497 e. The molecule has 1 aromatic carbocycles. The molecular weight excluding hydrogens is 805 g/mol. The van der Waals surface area contributed by atoms with Gasteiger partial charge in [0.2, 0.25) is 27.7 Å². The standard InChI is InChI=1S/C44H56N6O10S/c1-7-27-18-26(4)10-8-9-11-29-22-44(29,41(53)49-61(56,57)43(5)16-17-43)48-38(51)36-21-32(24-50(36)40(52)37(27)47-42(54)55)60-39-33-14-12-30(58-6)19-28(33)20-35(46-39)34-15-13-31(23-45-34)59-25(2)3/h9,11-15,19-20,23,25-27,29,32,36-37,47H,7-8,10,16-18,21-22,24H2,1-6H3,(H,48,51)(H,49,53)(H,54,55)/t26-,27-,29-,32-,36+,37+,44-/m1/s1. The predicted molar refractivity (Wildman–Crippen MR) is 226 cm³/mol. The second kappa shape index (κ2) is 17.1. The molecule has 2 saturated carbocycles. The maximum absolute atomic E-state index is 14.8. The van der Waals surface area contributed by atoms with E-state index in [1.54, 1.807) is 44.5 Å². The Morgan fingerprint density at radius 2 is 1.84 bits per heavy atom. The van der Waals surface area contributed by atoms with Gasteiger partial charge >= 0.3 is 6.09 Å². The predicted octanol–water partition coefficient (Wildman–Crippen LogP) is 5.35. The van der Waals surface area contributed by atoms with Crippen LogP contribution in [0, 0.1) is 17.8 Å². The molecule has 328 valence electrons. The van der Waals surface area contributed by atoms with E-state index in [1.807, 2.05) is 52.0 Å². The molecule has 2 aromatic heterocycles. The molecule has 4 amide bonds. The van der Waals surface area contributed by atoms with Crippen LogP contribution in [-0.4, -0.2) is 100 Å². The number of fused-ring (bicyclic) bond motifs is 3. The second-order valence-corrected chi connectivity index (χ2v) is 19.7. The lowest BCUT2D eigenvalue weighted by Gasteiger charge is -2.33. The number of carbonyl (C=O) groups is 4. The molecule has 7 atom stereocenters. The number of allylic oxidation sites excluding steroid dienone is 1. The van der Waals surface area contributed by atoms with Gasteiger partial charge in [-0.15, -0.1) is 0 Å². The number of nitrogens with one attached hydrogen (secondary N) is 3. The van der Waals surface area contributed by atoms with Gasteiger partial charge in [-0.05, 0) is 113 Å². The number of ether oxygens (including phenoxy) is 3. The zero-order valence-electron chi connectivity index (χ0n) is 35.5. The van der Waals surface area contributed by atoms with Gasteiger partial charge in [0.05, 0.1) is 42.1 Å². The van der Waals surface area contributed by atoms with Crippen LogP contribution in [0.25, 0.3) is 22.2 Å². The highest BCUT2D eigenvalue weighted by Gasteiger charge is 2.63. The summed E-state index contributed by atoms with van der Waals surface area (Å²) in [7, 11) is -2.47. The fourth-order valence-electron chi connectivity index (χ4n) is 8.53. The van der Waals surface area contributed by atoms with Crippen LogP contribution < -0.4 is 29.6 Å². The summed E-state index contributed by atoms with van der Waals surface area (Å²) in [5.74, 6) is -1.49. The van der Waals surface area contributed by atoms with Crippen LogP contribution in [0.15, 0.2) is 54.7 Å². The number of carboxylic acid groups (broad SMARTS) is 1. The van der Waals surface area contributed by atoms with Crippen LogP contribution in [-0.2, 0) is 24.4 Å². The Labute approximate surface area is 356 Å². The molecule has 2 aliphatic carbocycles. The topological polar surface area (TPSA) is 215 Å². The average Bonchev–Trinajstić information content (AvgIpc) is 4.10. The summed E-state index contributed by atoms with van der Waals surface area (Å²) in [6.07, 6.45) is 6.52. The molecule has 3 fully saturated rings. The number of aromatic nitrogens is 2. The van der Waals surface area contributed by atoms with Crippen LogP contribution in [0.2, 0.25) is 0 Å². The summed E-state index contributed by atoms with van der Waals surface area (Å²) in [4.78, 5) is 66.5. The Hall–Kier alpha value is -5.45. The van der Waals surface area contributed by atoms with Gasteiger partial charge in [0.15, 0.2) is 0 Å². The first-order valence-electron chi connectivity index (χ1n) is 21.1. The summed E-state index contributed by atoms with van der Waals surface area (Å²) >= 11 is 0. The van der Waals surface area contributed by atoms with Crippen LogP contribution >= 0.6 is 0 Å². The highest BCUT2D eigenvalue weighted by atomic mass is 32.2. The van der Waals surface area contributed by atoms with Crippen molar-refractivity contribution in [1.82, 2.24) is 30.2 Å². The van der Waals surface area contributed by atoms with Gasteiger partial charge < -0.3 is 34.9 Å². The van der Waals surface area contributed by atoms with Crippen molar-refractivity contribution in [3.05, 3.63) is 54.7 Å². The van der Waals surface area contributed by atoms with Crippen molar-refractivity contribution in [3.8, 4) is 28.8 Å². The summed E-state index contributed by atoms with van der Waals surface area (Å²) < 4.78 is 45.7. The smallest absolute Gasteiger partial charge is 0.405 e. The van der Waals surface area contributed by atoms with Crippen molar-refractivity contribution in [1.29, 1.82) is 0 Å². The molecule has 2 aliphatic heterocycles. The number of pyridine rings is 2. The summed E-state index contributed by atoms with van der Waals surface area (Å²) in [5, 5.41) is 16.7. The quantitative estimate of drug-likeness (QED) is 0.180. The highest BCUT2D eigenvalue weighted by Crippen LogP contribution is 2.48. The summed E-state index contributed by atoms with van der Waals surface area (Å²) in [6, 6.07) is 8.45. The number of carbonyl (C=O) groups excluding carboxylic acids is 3. The molecular formula is C44H56N6O10S. The zero-order valence-corrected chi connectivity index (χ0v) is 36.3. The number of rotatable bonds is 11. The van der Waals surface area contributed by atoms with Crippen molar-refractivity contribution in [2.75, 3.05) is 13.7 Å². The third-order valence-corrected chi connectivity index (χ3v) is 14.7. The minimum atomic E-state index is -4.04. The molecule has 17 heteroatoms. The first kappa shape index (κ1) is 43.6. The summed E-state index contributed by atoms with van der Waals surface area (Å²) in [5.41, 5.74) is -0.560. The van der Waals surface area contributed by atoms with E-state index in [9.17, 15) is 32.7 Å². The maximum Gasteiger partial charge on any atom is 0.405 e. The van der Waals surface area contributed by atoms with Crippen LogP contribution in [0.5, 0.6) is 17.4 Å². The second-order valence-electron chi connectivity index (χ2n) is 17.5. The molecule has 0 bridgehead atoms. The molecule has 61 heavy (non-hydrogen) atoms. The summed E-state index contributed by atoms with van der Waals surface area (Å²) in [6.45, 7) is 9.26. The number of nitrogens with zero attached hydrogens (tertiary/aromatic N) is 3. The molecule has 7 rings (SSSR count). The van der Waals surface area contributed by atoms with E-state index < -0.39 is 74.1 Å². The normalized spacial score (nSPS) is 27.5. The Morgan fingerprint density at radius 3 is 2.49 bits per heavy atom. The Morgan fingerprint density at radius 1 is 1.08 bits per heavy atom. The molecule has 0 radical (unpaired) electrons. The van der Waals surface area contributed by atoms with Crippen LogP contribution in [0.3, 0.4) is 0 Å². The highest BCUT2D eigenvalue weighted by molar-refractivity contribution is 7.91. The number of methoxy groups -OCH3 is 1. The average molecular weight is 861 g/mol. The molecule has 4 N–H and O–H groups in total. The van der Waals surface area contributed by atoms with E-state index in [2.05, 4.69) is 20.3 Å². The van der Waals surface area contributed by atoms with Crippen molar-refractivity contribution in [2.45, 2.75) is 121 Å². The van der Waals surface area contributed by atoms with Gasteiger partial charge in [-0.2, -0.15) is 0 Å². The lowest BCUT2D eigenvalue weighted by molar-refractivity contribution is -0.142. The Kier molecular flexibility index (Phi) is 12.3. The van der Waals surface area contributed by atoms with Gasteiger partial charge in [-0.3, -0.25) is 24.1 Å². The van der Waals surface area contributed by atoms with Crippen LogP contribution in [0.1, 0.15) is 86.0 Å². The van der Waals surface area contributed by atoms with Crippen molar-refractivity contribution in [3.63, 3.8) is 0 Å². The maximum atomic E-state index is 14.8. The SMILES string of the molecule is CC[C@@H]1C[C@H](C)CCC=C[C@@H]2C[C@@]2(C(=O)NS(=O)(=O)C2(C)CC2)NC(=O)[C@@H]2C[C@@H](Oc3nc(-c4ccc(OC(C)C)cn4)cc4cc(OC)ccc34)CN2C(=O)[C@H]1NC(=O)O. The number of benzene rings is 1. The van der Waals surface area contributed by atoms with Gasteiger partial charge in [-0.1, -0.05) is 32.4 Å². The lowest BCUT2D eigenvalue weighted by atomic mass is 9.85. The molecule has 4 aliphatic rings. The van der Waals surface area contributed by atoms with E-state index in [-0.39, 0.29) is 37.3 Å². The fourth-order valence-corrected chi connectivity index (χ4v) is 9.84. The van der Waals surface area contributed by atoms with Gasteiger partial charge in [-0.25, -0.2) is 18.2 Å². The third kappa shape index (κ3) is 9.26. The molecule has 1 saturated heterocycles. The van der Waals surface area contributed by atoms with Crippen LogP contribution in [0.4, 0.5) is 4.79 Å². The minimum Gasteiger partial charge on any atom is -0.497 e. The van der Waals surface area contributed by atoms with E-state index >= 15 is 0 Å². The first-order valence-corrected chi connectivity index (χ1v) is 22.6. The third-order valence-electron chi connectivity index (χ3n) is 12.5. The van der Waals surface area contributed by atoms with Gasteiger partial charge in [0.1, 0.15) is 35.2 Å². The van der Waals surface area contributed by atoms with Gasteiger partial charge in [0.25, 0.3) is 5.91 Å². The number of hydrogen-bond acceptors (Lipinski definition) is 11. The first-order chi connectivity index (χ1) is 29.0. The van der Waals surface area contributed by atoms with E-state index in [0.717, 1.165) is 11.8 Å². The lowest BCUT2D eigenvalue weighted by Crippen LogP contribution is -2.59. The number of sulfonamides is 1. The fraction of sp³-hybridized carbons (Fsp3) is 0.545. The Balaban J connectivity index is 1.25. The van der Waals surface area contributed by atoms with Gasteiger partial charge in [0, 0.05) is 17.7 Å². The number of hydrogen-bond donors (Lipinski definition) is 4. The molecule has 0 spiro atoms. The van der Waals surface area contributed by atoms with Crippen molar-refractivity contribution in [2.24, 2.45) is 17.8 Å². The van der Waals surface area contributed by atoms with Crippen molar-refractivity contribution < 1.29 is 46.9 Å². The Bertz CT molecular complexity index is 2320. The molecule has 4 heterocycles. The van der Waals surface area contributed by atoms with Crippen molar-refractivity contribution >= 4 is 44.6 Å².